The van der Waals surface area contributed by atoms with Crippen molar-refractivity contribution in [3.8, 4) is 33.4 Å². The van der Waals surface area contributed by atoms with E-state index in [4.69, 9.17) is 0 Å². The molecule has 12 rings (SSSR count). The second kappa shape index (κ2) is 13.2. The zero-order valence-corrected chi connectivity index (χ0v) is 33.9. The molecule has 0 atom stereocenters. The molecule has 0 aromatic heterocycles. The summed E-state index contributed by atoms with van der Waals surface area (Å²) in [5.74, 6) is 0. The lowest BCUT2D eigenvalue weighted by Gasteiger charge is -2.32. The number of para-hydroxylation sites is 4. The van der Waals surface area contributed by atoms with Crippen LogP contribution in [-0.2, 0) is 10.8 Å². The van der Waals surface area contributed by atoms with Gasteiger partial charge in [0, 0.05) is 44.7 Å². The molecule has 60 heavy (non-hydrogen) atoms. The van der Waals surface area contributed by atoms with E-state index in [9.17, 15) is 0 Å². The fourth-order valence-electron chi connectivity index (χ4n) is 10.6. The fraction of sp³-hybridized carbons (Fsp3) is 0.103. The highest BCUT2D eigenvalue weighted by molar-refractivity contribution is 6.11. The third-order valence-corrected chi connectivity index (χ3v) is 13.7. The Labute approximate surface area is 352 Å². The van der Waals surface area contributed by atoms with E-state index in [0.29, 0.717) is 0 Å². The summed E-state index contributed by atoms with van der Waals surface area (Å²) >= 11 is 0. The molecule has 2 nitrogen and oxygen atoms in total. The third kappa shape index (κ3) is 5.20. The van der Waals surface area contributed by atoms with E-state index in [2.05, 4.69) is 230 Å². The average molecular weight is 769 g/mol. The van der Waals surface area contributed by atoms with Crippen molar-refractivity contribution in [3.05, 3.63) is 229 Å². The van der Waals surface area contributed by atoms with Gasteiger partial charge in [-0.3, -0.25) is 0 Å². The first kappa shape index (κ1) is 34.8. The molecular formula is C58H44N2. The maximum atomic E-state index is 2.53. The monoisotopic (exact) mass is 768 g/mol. The maximum absolute atomic E-state index is 2.53. The minimum Gasteiger partial charge on any atom is -0.310 e. The molecular weight excluding hydrogens is 725 g/mol. The summed E-state index contributed by atoms with van der Waals surface area (Å²) in [5, 5.41) is 2.71. The smallest absolute Gasteiger partial charge is 0.0540 e. The van der Waals surface area contributed by atoms with Gasteiger partial charge >= 0.3 is 0 Å². The molecule has 0 N–H and O–H groups in total. The Morgan fingerprint density at radius 2 is 0.817 bits per heavy atom. The number of hydrogen-bond acceptors (Lipinski definition) is 2. The molecule has 0 heterocycles. The van der Waals surface area contributed by atoms with Gasteiger partial charge in [-0.1, -0.05) is 141 Å². The van der Waals surface area contributed by atoms with E-state index in [1.807, 2.05) is 0 Å². The summed E-state index contributed by atoms with van der Waals surface area (Å²) in [6, 6.07) is 76.3. The van der Waals surface area contributed by atoms with Gasteiger partial charge in [-0.15, -0.1) is 0 Å². The van der Waals surface area contributed by atoms with E-state index in [-0.39, 0.29) is 10.8 Å². The normalized spacial score (nSPS) is 14.6. The van der Waals surface area contributed by atoms with Crippen LogP contribution < -0.4 is 9.80 Å². The van der Waals surface area contributed by atoms with Crippen molar-refractivity contribution in [1.82, 2.24) is 0 Å². The van der Waals surface area contributed by atoms with Crippen molar-refractivity contribution in [2.45, 2.75) is 37.5 Å². The van der Waals surface area contributed by atoms with Crippen molar-refractivity contribution >= 4 is 44.9 Å². The predicted molar refractivity (Wildman–Crippen MR) is 252 cm³/mol. The van der Waals surface area contributed by atoms with Crippen LogP contribution in [0.5, 0.6) is 0 Å². The van der Waals surface area contributed by atoms with Crippen LogP contribution in [0.3, 0.4) is 0 Å². The second-order valence-electron chi connectivity index (χ2n) is 17.3. The summed E-state index contributed by atoms with van der Waals surface area (Å²) in [4.78, 5) is 4.78. The Kier molecular flexibility index (Phi) is 7.65. The SMILES string of the molecule is CC1(C)c2cc(-c3ccc4c(c3)C3(CC3)c3cccc5c(N(c6ccccc6)c6ccccc6)ccc-4c35)ccc2-c2ccc(N(c3ccccc3)c3ccccc3)cc21. The molecule has 0 aliphatic heterocycles. The Morgan fingerprint density at radius 3 is 1.37 bits per heavy atom. The molecule has 0 saturated heterocycles. The Bertz CT molecular complexity index is 3030. The van der Waals surface area contributed by atoms with Crippen LogP contribution in [0.1, 0.15) is 48.9 Å². The van der Waals surface area contributed by atoms with E-state index in [1.165, 1.54) is 90.6 Å². The van der Waals surface area contributed by atoms with Gasteiger partial charge in [-0.25, -0.2) is 0 Å². The van der Waals surface area contributed by atoms with Gasteiger partial charge < -0.3 is 9.80 Å². The summed E-state index contributed by atoms with van der Waals surface area (Å²) in [6.45, 7) is 4.80. The minimum absolute atomic E-state index is 0.0345. The van der Waals surface area contributed by atoms with Crippen molar-refractivity contribution in [2.75, 3.05) is 9.80 Å². The van der Waals surface area contributed by atoms with Gasteiger partial charge in [0.15, 0.2) is 0 Å². The van der Waals surface area contributed by atoms with E-state index in [1.54, 1.807) is 0 Å². The molecule has 2 heteroatoms. The van der Waals surface area contributed by atoms with Gasteiger partial charge in [-0.2, -0.15) is 0 Å². The van der Waals surface area contributed by atoms with E-state index in [0.717, 1.165) is 22.7 Å². The van der Waals surface area contributed by atoms with Crippen LogP contribution in [0.2, 0.25) is 0 Å². The van der Waals surface area contributed by atoms with Crippen LogP contribution >= 0.6 is 0 Å². The van der Waals surface area contributed by atoms with Crippen LogP contribution in [0.4, 0.5) is 34.1 Å². The standard InChI is InChI=1S/C58H44N2/c1-57(2)52-36-39(26-29-46(52)47-31-28-45(38-53(47)57)59(41-16-7-3-8-17-41)42-18-9-4-10-19-42)40-27-30-48-49-32-33-55(60(43-20-11-5-12-21-43)44-22-13-6-14-23-44)50-24-15-25-51(56(49)50)58(34-35-58)54(48)37-40/h3-33,36-38H,34-35H2,1-2H3. The Morgan fingerprint density at radius 1 is 0.350 bits per heavy atom. The summed E-state index contributed by atoms with van der Waals surface area (Å²) in [5.41, 5.74) is 20.6. The topological polar surface area (TPSA) is 6.48 Å². The van der Waals surface area contributed by atoms with Gasteiger partial charge in [0.1, 0.15) is 0 Å². The highest BCUT2D eigenvalue weighted by Crippen LogP contribution is 2.63. The molecule has 3 aliphatic carbocycles. The minimum atomic E-state index is -0.165. The molecule has 9 aromatic rings. The first-order chi connectivity index (χ1) is 29.5. The van der Waals surface area contributed by atoms with Gasteiger partial charge in [0.05, 0.1) is 5.69 Å². The van der Waals surface area contributed by atoms with Crippen molar-refractivity contribution in [3.63, 3.8) is 0 Å². The highest BCUT2D eigenvalue weighted by atomic mass is 15.1. The molecule has 1 spiro atoms. The number of rotatable bonds is 7. The summed E-state index contributed by atoms with van der Waals surface area (Å²) < 4.78 is 0. The molecule has 0 radical (unpaired) electrons. The number of anilines is 6. The molecule has 286 valence electrons. The van der Waals surface area contributed by atoms with Gasteiger partial charge in [-0.05, 0) is 153 Å². The molecule has 9 aromatic carbocycles. The quantitative estimate of drug-likeness (QED) is 0.159. The molecule has 0 bridgehead atoms. The Hall–Kier alpha value is -7.16. The largest absolute Gasteiger partial charge is 0.310 e. The lowest BCUT2D eigenvalue weighted by Crippen LogP contribution is -2.17. The Balaban J connectivity index is 0.940. The first-order valence-electron chi connectivity index (χ1n) is 21.3. The number of fused-ring (bicyclic) bond motifs is 7. The average Bonchev–Trinajstić information content (AvgIpc) is 4.07. The number of benzene rings is 9. The van der Waals surface area contributed by atoms with E-state index < -0.39 is 0 Å². The van der Waals surface area contributed by atoms with Crippen molar-refractivity contribution in [1.29, 1.82) is 0 Å². The molecule has 0 amide bonds. The molecule has 1 fully saturated rings. The maximum Gasteiger partial charge on any atom is 0.0540 e. The molecule has 0 unspecified atom stereocenters. The van der Waals surface area contributed by atoms with Crippen LogP contribution in [0, 0.1) is 0 Å². The lowest BCUT2D eigenvalue weighted by atomic mass is 9.73. The van der Waals surface area contributed by atoms with Crippen LogP contribution in [-0.4, -0.2) is 0 Å². The lowest BCUT2D eigenvalue weighted by molar-refractivity contribution is 0.660. The van der Waals surface area contributed by atoms with Gasteiger partial charge in [0.2, 0.25) is 0 Å². The first-order valence-corrected chi connectivity index (χ1v) is 21.3. The van der Waals surface area contributed by atoms with Gasteiger partial charge in [0.25, 0.3) is 0 Å². The van der Waals surface area contributed by atoms with Crippen LogP contribution in [0.25, 0.3) is 44.2 Å². The molecule has 1 saturated carbocycles. The summed E-state index contributed by atoms with van der Waals surface area (Å²) in [7, 11) is 0. The van der Waals surface area contributed by atoms with Crippen LogP contribution in [0.15, 0.2) is 206 Å². The second-order valence-corrected chi connectivity index (χ2v) is 17.3. The zero-order chi connectivity index (χ0) is 40.0. The summed E-state index contributed by atoms with van der Waals surface area (Å²) in [6.07, 6.45) is 2.34. The fourth-order valence-corrected chi connectivity index (χ4v) is 10.6. The number of nitrogens with zero attached hydrogens (tertiary/aromatic N) is 2. The molecule has 3 aliphatic rings. The third-order valence-electron chi connectivity index (χ3n) is 13.7. The predicted octanol–water partition coefficient (Wildman–Crippen LogP) is 15.8. The number of hydrogen-bond donors (Lipinski definition) is 0. The zero-order valence-electron chi connectivity index (χ0n) is 33.9. The highest BCUT2D eigenvalue weighted by Gasteiger charge is 2.50. The van der Waals surface area contributed by atoms with Crippen molar-refractivity contribution in [2.24, 2.45) is 0 Å². The van der Waals surface area contributed by atoms with Crippen molar-refractivity contribution < 1.29 is 0 Å². The van der Waals surface area contributed by atoms with E-state index >= 15 is 0 Å².